The fourth-order valence-electron chi connectivity index (χ4n) is 1.69. The van der Waals surface area contributed by atoms with Gasteiger partial charge in [-0.3, -0.25) is 0 Å². The van der Waals surface area contributed by atoms with Crippen molar-refractivity contribution in [1.82, 2.24) is 0 Å². The molecule has 17 heavy (non-hydrogen) atoms. The Bertz CT molecular complexity index is 207. The van der Waals surface area contributed by atoms with Gasteiger partial charge in [0.25, 0.3) is 0 Å². The number of thiocarbonyl (C=S) groups is 1. The molecule has 0 atom stereocenters. The van der Waals surface area contributed by atoms with E-state index < -0.39 is 8.07 Å². The van der Waals surface area contributed by atoms with Crippen LogP contribution in [0.15, 0.2) is 0 Å². The number of hydrogen-bond acceptors (Lipinski definition) is 3. The van der Waals surface area contributed by atoms with Gasteiger partial charge >= 0.3 is 0 Å². The molecule has 0 N–H and O–H groups in total. The van der Waals surface area contributed by atoms with Gasteiger partial charge in [0.2, 0.25) is 4.38 Å². The minimum atomic E-state index is -1.05. The van der Waals surface area contributed by atoms with Crippen LogP contribution < -0.4 is 0 Å². The van der Waals surface area contributed by atoms with Crippen LogP contribution >= 0.6 is 24.0 Å². The molecule has 0 amide bonds. The summed E-state index contributed by atoms with van der Waals surface area (Å²) in [7, 11) is -1.05. The van der Waals surface area contributed by atoms with Crippen molar-refractivity contribution in [3.63, 3.8) is 0 Å². The van der Waals surface area contributed by atoms with Crippen LogP contribution in [-0.4, -0.2) is 24.4 Å². The molecule has 0 saturated heterocycles. The molecule has 0 aromatic carbocycles. The van der Waals surface area contributed by atoms with E-state index in [1.54, 1.807) is 11.8 Å². The van der Waals surface area contributed by atoms with Gasteiger partial charge in [-0.05, 0) is 29.9 Å². The van der Waals surface area contributed by atoms with E-state index in [1.807, 2.05) is 0 Å². The van der Waals surface area contributed by atoms with Gasteiger partial charge in [0.1, 0.15) is 0 Å². The van der Waals surface area contributed by atoms with E-state index in [2.05, 4.69) is 34.6 Å². The summed E-state index contributed by atoms with van der Waals surface area (Å²) in [6.45, 7) is 12.2. The fraction of sp³-hybridized carbons (Fsp3) is 0.923. The summed E-state index contributed by atoms with van der Waals surface area (Å²) in [4.78, 5) is 0. The molecule has 0 rings (SSSR count). The first kappa shape index (κ1) is 17.5. The SMILES string of the molecule is CC[Si](CC)(CC)CSC(=S)OCCC(C)C. The number of hydrogen-bond donors (Lipinski definition) is 0. The van der Waals surface area contributed by atoms with Gasteiger partial charge in [-0.15, -0.1) is 0 Å². The average molecular weight is 293 g/mol. The van der Waals surface area contributed by atoms with Crippen molar-refractivity contribution in [3.05, 3.63) is 0 Å². The zero-order valence-electron chi connectivity index (χ0n) is 12.0. The maximum Gasteiger partial charge on any atom is 0.219 e. The van der Waals surface area contributed by atoms with Gasteiger partial charge in [0.05, 0.1) is 14.7 Å². The maximum absolute atomic E-state index is 5.60. The lowest BCUT2D eigenvalue weighted by Crippen LogP contribution is -2.35. The van der Waals surface area contributed by atoms with Crippen LogP contribution in [0, 0.1) is 5.92 Å². The molecule has 0 fully saturated rings. The minimum Gasteiger partial charge on any atom is -0.479 e. The van der Waals surface area contributed by atoms with Crippen LogP contribution in [0.2, 0.25) is 18.1 Å². The van der Waals surface area contributed by atoms with E-state index >= 15 is 0 Å². The van der Waals surface area contributed by atoms with E-state index in [9.17, 15) is 0 Å². The normalized spacial score (nSPS) is 11.9. The molecule has 4 heteroatoms. The van der Waals surface area contributed by atoms with Crippen molar-refractivity contribution in [1.29, 1.82) is 0 Å². The first-order chi connectivity index (χ1) is 7.99. The Kier molecular flexibility index (Phi) is 9.65. The molecular formula is C13H28OS2Si. The number of ether oxygens (including phenoxy) is 1. The van der Waals surface area contributed by atoms with E-state index in [0.717, 1.165) is 17.4 Å². The largest absolute Gasteiger partial charge is 0.479 e. The van der Waals surface area contributed by atoms with E-state index in [-0.39, 0.29) is 0 Å². The summed E-state index contributed by atoms with van der Waals surface area (Å²) in [5, 5.41) is 1.23. The fourth-order valence-corrected chi connectivity index (χ4v) is 8.11. The summed E-state index contributed by atoms with van der Waals surface area (Å²) in [5.74, 6) is 0.693. The Labute approximate surface area is 118 Å². The highest BCUT2D eigenvalue weighted by atomic mass is 32.2. The quantitative estimate of drug-likeness (QED) is 0.454. The van der Waals surface area contributed by atoms with Gasteiger partial charge in [0.15, 0.2) is 0 Å². The third-order valence-electron chi connectivity index (χ3n) is 3.66. The second kappa shape index (κ2) is 9.40. The van der Waals surface area contributed by atoms with Crippen LogP contribution in [0.5, 0.6) is 0 Å². The van der Waals surface area contributed by atoms with Crippen LogP contribution in [0.4, 0.5) is 0 Å². The Morgan fingerprint density at radius 3 is 2.12 bits per heavy atom. The summed E-state index contributed by atoms with van der Waals surface area (Å²) in [5.41, 5.74) is 0. The predicted molar refractivity (Wildman–Crippen MR) is 87.7 cm³/mol. The van der Waals surface area contributed by atoms with Crippen LogP contribution in [0.3, 0.4) is 0 Å². The average Bonchev–Trinajstić information content (AvgIpc) is 2.31. The predicted octanol–water partition coefficient (Wildman–Crippen LogP) is 5.11. The van der Waals surface area contributed by atoms with Gasteiger partial charge < -0.3 is 4.74 Å². The summed E-state index contributed by atoms with van der Waals surface area (Å²) in [6.07, 6.45) is 1.10. The standard InChI is InChI=1S/C13H28OS2Si/c1-6-17(7-2,8-3)11-16-13(15)14-10-9-12(4)5/h12H,6-11H2,1-5H3. The van der Waals surface area contributed by atoms with Crippen LogP contribution in [0.25, 0.3) is 0 Å². The number of rotatable bonds is 8. The first-order valence-electron chi connectivity index (χ1n) is 6.79. The molecule has 1 nitrogen and oxygen atoms in total. The second-order valence-corrected chi connectivity index (χ2v) is 12.7. The topological polar surface area (TPSA) is 9.23 Å². The lowest BCUT2D eigenvalue weighted by molar-refractivity contribution is 0.292. The Hall–Kier alpha value is 0.457. The molecular weight excluding hydrogens is 264 g/mol. The Balaban J connectivity index is 3.89. The van der Waals surface area contributed by atoms with Gasteiger partial charge in [-0.1, -0.05) is 64.5 Å². The molecule has 0 bridgehead atoms. The highest BCUT2D eigenvalue weighted by Gasteiger charge is 2.27. The van der Waals surface area contributed by atoms with Crippen LogP contribution in [0.1, 0.15) is 41.0 Å². The molecule has 0 aliphatic rings. The smallest absolute Gasteiger partial charge is 0.219 e. The Morgan fingerprint density at radius 2 is 1.71 bits per heavy atom. The van der Waals surface area contributed by atoms with Crippen molar-refractivity contribution in [2.75, 3.05) is 12.0 Å². The van der Waals surface area contributed by atoms with E-state index in [0.29, 0.717) is 5.92 Å². The highest BCUT2D eigenvalue weighted by Crippen LogP contribution is 2.25. The lowest BCUT2D eigenvalue weighted by atomic mass is 10.1. The maximum atomic E-state index is 5.60. The molecule has 0 aliphatic heterocycles. The molecule has 0 aromatic heterocycles. The van der Waals surface area contributed by atoms with Crippen molar-refractivity contribution in [3.8, 4) is 0 Å². The summed E-state index contributed by atoms with van der Waals surface area (Å²) in [6, 6.07) is 4.09. The molecule has 0 unspecified atom stereocenters. The highest BCUT2D eigenvalue weighted by molar-refractivity contribution is 8.23. The van der Waals surface area contributed by atoms with Gasteiger partial charge in [-0.2, -0.15) is 0 Å². The monoisotopic (exact) mass is 292 g/mol. The van der Waals surface area contributed by atoms with Gasteiger partial charge in [0, 0.05) is 0 Å². The second-order valence-electron chi connectivity index (χ2n) is 5.13. The molecule has 102 valence electrons. The zero-order chi connectivity index (χ0) is 13.3. The molecule has 0 aliphatic carbocycles. The van der Waals surface area contributed by atoms with E-state index in [4.69, 9.17) is 17.0 Å². The summed E-state index contributed by atoms with van der Waals surface area (Å²) >= 11 is 7.06. The van der Waals surface area contributed by atoms with Crippen molar-refractivity contribution in [2.24, 2.45) is 5.92 Å². The molecule has 0 radical (unpaired) electrons. The third kappa shape index (κ3) is 7.47. The number of thioether (sulfide) groups is 1. The zero-order valence-corrected chi connectivity index (χ0v) is 14.7. The van der Waals surface area contributed by atoms with Crippen LogP contribution in [-0.2, 0) is 4.74 Å². The van der Waals surface area contributed by atoms with Gasteiger partial charge in [-0.25, -0.2) is 0 Å². The van der Waals surface area contributed by atoms with E-state index in [1.165, 1.54) is 23.5 Å². The summed E-state index contributed by atoms with van der Waals surface area (Å²) < 4.78 is 6.36. The third-order valence-corrected chi connectivity index (χ3v) is 12.0. The molecule has 0 spiro atoms. The first-order valence-corrected chi connectivity index (χ1v) is 11.0. The minimum absolute atomic E-state index is 0.693. The van der Waals surface area contributed by atoms with Crippen molar-refractivity contribution < 1.29 is 4.74 Å². The molecule has 0 saturated carbocycles. The molecule has 0 heterocycles. The molecule has 0 aromatic rings. The Morgan fingerprint density at radius 1 is 1.18 bits per heavy atom. The van der Waals surface area contributed by atoms with Crippen molar-refractivity contribution in [2.45, 2.75) is 59.2 Å². The lowest BCUT2D eigenvalue weighted by Gasteiger charge is -2.27. The van der Waals surface area contributed by atoms with Crippen molar-refractivity contribution >= 4 is 36.4 Å².